The lowest BCUT2D eigenvalue weighted by atomic mass is 9.99. The van der Waals surface area contributed by atoms with E-state index in [0.717, 1.165) is 49.7 Å². The summed E-state index contributed by atoms with van der Waals surface area (Å²) in [5.74, 6) is -1.86. The van der Waals surface area contributed by atoms with E-state index in [1.807, 2.05) is 44.2 Å². The second kappa shape index (κ2) is 17.6. The van der Waals surface area contributed by atoms with E-state index in [-0.39, 0.29) is 6.54 Å². The van der Waals surface area contributed by atoms with Gasteiger partial charge in [0.2, 0.25) is 11.8 Å². The Bertz CT molecular complexity index is 1240. The Hall–Kier alpha value is -3.59. The minimum absolute atomic E-state index is 0.214. The zero-order valence-corrected chi connectivity index (χ0v) is 27.8. The number of halogens is 1. The molecule has 0 heterocycles. The number of amides is 4. The van der Waals surface area contributed by atoms with Crippen molar-refractivity contribution in [3.8, 4) is 0 Å². The predicted octanol–water partition coefficient (Wildman–Crippen LogP) is 6.85. The number of anilines is 1. The van der Waals surface area contributed by atoms with Crippen LogP contribution in [0.5, 0.6) is 0 Å². The zero-order valence-electron chi connectivity index (χ0n) is 27.0. The molecule has 2 unspecified atom stereocenters. The number of carbonyl (C=O) groups excluding carboxylic acids is 4. The molecule has 0 fully saturated rings. The first-order valence-electron chi connectivity index (χ1n) is 15.5. The van der Waals surface area contributed by atoms with E-state index in [1.165, 1.54) is 4.90 Å². The Balaban J connectivity index is 2.58. The van der Waals surface area contributed by atoms with Crippen LogP contribution in [0.4, 0.5) is 10.5 Å². The second-order valence-corrected chi connectivity index (χ2v) is 12.5. The Morgan fingerprint density at radius 1 is 0.955 bits per heavy atom. The number of rotatable bonds is 16. The SMILES string of the molecule is CCCCCCCCN(C(=O)C(CC(N)=O)NC(=O)OC(C)(C)C)C(C(=O)Nc1c(C)cccc1Cl)c1ccc(CC)cc1. The minimum atomic E-state index is -1.34. The first-order chi connectivity index (χ1) is 20.8. The predicted molar refractivity (Wildman–Crippen MR) is 175 cm³/mol. The monoisotopic (exact) mass is 628 g/mol. The van der Waals surface area contributed by atoms with Crippen molar-refractivity contribution in [2.24, 2.45) is 5.73 Å². The number of carbonyl (C=O) groups is 4. The van der Waals surface area contributed by atoms with Gasteiger partial charge in [0.25, 0.3) is 5.91 Å². The fourth-order valence-corrected chi connectivity index (χ4v) is 5.14. The summed E-state index contributed by atoms with van der Waals surface area (Å²) in [4.78, 5) is 54.8. The van der Waals surface area contributed by atoms with Gasteiger partial charge in [-0.25, -0.2) is 4.79 Å². The van der Waals surface area contributed by atoms with E-state index in [0.29, 0.717) is 22.7 Å². The number of benzene rings is 2. The highest BCUT2D eigenvalue weighted by Gasteiger charge is 2.37. The number of nitrogens with two attached hydrogens (primary N) is 1. The van der Waals surface area contributed by atoms with E-state index >= 15 is 0 Å². The van der Waals surface area contributed by atoms with Gasteiger partial charge in [-0.15, -0.1) is 0 Å². The number of hydrogen-bond acceptors (Lipinski definition) is 5. The summed E-state index contributed by atoms with van der Waals surface area (Å²) < 4.78 is 5.37. The molecule has 0 saturated carbocycles. The van der Waals surface area contributed by atoms with Gasteiger partial charge in [-0.2, -0.15) is 0 Å². The maximum atomic E-state index is 14.3. The maximum Gasteiger partial charge on any atom is 0.408 e. The summed E-state index contributed by atoms with van der Waals surface area (Å²) in [7, 11) is 0. The highest BCUT2D eigenvalue weighted by molar-refractivity contribution is 6.34. The summed E-state index contributed by atoms with van der Waals surface area (Å²) in [5.41, 5.74) is 7.55. The molecule has 0 spiro atoms. The van der Waals surface area contributed by atoms with Gasteiger partial charge in [0.1, 0.15) is 17.7 Å². The van der Waals surface area contributed by atoms with Crippen molar-refractivity contribution in [1.29, 1.82) is 0 Å². The first kappa shape index (κ1) is 36.6. The topological polar surface area (TPSA) is 131 Å². The van der Waals surface area contributed by atoms with Crippen molar-refractivity contribution in [3.05, 3.63) is 64.2 Å². The highest BCUT2D eigenvalue weighted by Crippen LogP contribution is 2.30. The molecule has 10 heteroatoms. The average molecular weight is 629 g/mol. The van der Waals surface area contributed by atoms with Gasteiger partial charge in [-0.3, -0.25) is 14.4 Å². The van der Waals surface area contributed by atoms with Gasteiger partial charge < -0.3 is 26.0 Å². The molecule has 0 aliphatic rings. The Kier molecular flexibility index (Phi) is 14.7. The lowest BCUT2D eigenvalue weighted by molar-refractivity contribution is -0.142. The molecule has 4 N–H and O–H groups in total. The third-order valence-electron chi connectivity index (χ3n) is 7.16. The van der Waals surface area contributed by atoms with E-state index in [9.17, 15) is 19.2 Å². The van der Waals surface area contributed by atoms with Crippen LogP contribution >= 0.6 is 11.6 Å². The number of hydrogen-bond donors (Lipinski definition) is 3. The van der Waals surface area contributed by atoms with Crippen LogP contribution in [0.15, 0.2) is 42.5 Å². The average Bonchev–Trinajstić information content (AvgIpc) is 2.94. The molecule has 2 atom stereocenters. The van der Waals surface area contributed by atoms with Gasteiger partial charge in [-0.05, 0) is 63.3 Å². The molecule has 0 saturated heterocycles. The molecule has 2 aromatic rings. The molecular formula is C34H49ClN4O5. The van der Waals surface area contributed by atoms with Crippen molar-refractivity contribution in [2.45, 2.75) is 111 Å². The van der Waals surface area contributed by atoms with Crippen LogP contribution < -0.4 is 16.4 Å². The van der Waals surface area contributed by atoms with Crippen molar-refractivity contribution < 1.29 is 23.9 Å². The van der Waals surface area contributed by atoms with Gasteiger partial charge in [0.05, 0.1) is 17.1 Å². The number of ether oxygens (including phenoxy) is 1. The van der Waals surface area contributed by atoms with Crippen molar-refractivity contribution in [3.63, 3.8) is 0 Å². The third kappa shape index (κ3) is 11.8. The normalized spacial score (nSPS) is 12.6. The number of nitrogens with one attached hydrogen (secondary N) is 2. The van der Waals surface area contributed by atoms with Crippen LogP contribution in [0, 0.1) is 6.92 Å². The molecule has 44 heavy (non-hydrogen) atoms. The fraction of sp³-hybridized carbons (Fsp3) is 0.529. The minimum Gasteiger partial charge on any atom is -0.444 e. The molecule has 242 valence electrons. The van der Waals surface area contributed by atoms with Crippen LogP contribution in [0.1, 0.15) is 102 Å². The van der Waals surface area contributed by atoms with E-state index in [1.54, 1.807) is 32.9 Å². The molecular weight excluding hydrogens is 580 g/mol. The standard InChI is InChI=1S/C34H49ClN4O5/c1-7-9-10-11-12-13-21-39(32(42)27(22-28(36)40)37-33(43)44-34(4,5)6)30(25-19-17-24(8-2)18-20-25)31(41)38-29-23(3)15-14-16-26(29)35/h14-20,27,30H,7-13,21-22H2,1-6H3,(H2,36,40)(H,37,43)(H,38,41). The van der Waals surface area contributed by atoms with Gasteiger partial charge >= 0.3 is 6.09 Å². The third-order valence-corrected chi connectivity index (χ3v) is 7.48. The number of nitrogens with zero attached hydrogens (tertiary/aromatic N) is 1. The molecule has 2 aromatic carbocycles. The Labute approximate surface area is 267 Å². The molecule has 0 radical (unpaired) electrons. The van der Waals surface area contributed by atoms with E-state index in [2.05, 4.69) is 17.6 Å². The number of primary amides is 1. The van der Waals surface area contributed by atoms with Crippen molar-refractivity contribution in [2.75, 3.05) is 11.9 Å². The summed E-state index contributed by atoms with van der Waals surface area (Å²) in [5, 5.41) is 5.84. The van der Waals surface area contributed by atoms with Crippen LogP contribution in [0.2, 0.25) is 5.02 Å². The molecule has 4 amide bonds. The van der Waals surface area contributed by atoms with Crippen LogP contribution in [0.3, 0.4) is 0 Å². The largest absolute Gasteiger partial charge is 0.444 e. The summed E-state index contributed by atoms with van der Waals surface area (Å²) in [6.07, 6.45) is 5.22. The number of alkyl carbamates (subject to hydrolysis) is 1. The quantitative estimate of drug-likeness (QED) is 0.175. The molecule has 0 bridgehead atoms. The molecule has 0 aliphatic carbocycles. The number of unbranched alkanes of at least 4 members (excludes halogenated alkanes) is 5. The molecule has 9 nitrogen and oxygen atoms in total. The van der Waals surface area contributed by atoms with Crippen LogP contribution in [0.25, 0.3) is 0 Å². The van der Waals surface area contributed by atoms with Crippen LogP contribution in [-0.4, -0.2) is 46.9 Å². The summed E-state index contributed by atoms with van der Waals surface area (Å²) in [6, 6.07) is 10.4. The molecule has 0 aromatic heterocycles. The second-order valence-electron chi connectivity index (χ2n) is 12.1. The summed E-state index contributed by atoms with van der Waals surface area (Å²) >= 11 is 6.46. The summed E-state index contributed by atoms with van der Waals surface area (Å²) in [6.45, 7) is 11.3. The lowest BCUT2D eigenvalue weighted by Crippen LogP contribution is -2.53. The Morgan fingerprint density at radius 2 is 1.59 bits per heavy atom. The zero-order chi connectivity index (χ0) is 32.9. The number of para-hydroxylation sites is 1. The van der Waals surface area contributed by atoms with Gasteiger partial charge in [0, 0.05) is 6.54 Å². The van der Waals surface area contributed by atoms with Crippen molar-refractivity contribution >= 4 is 41.1 Å². The first-order valence-corrected chi connectivity index (χ1v) is 15.9. The maximum absolute atomic E-state index is 14.3. The Morgan fingerprint density at radius 3 is 2.16 bits per heavy atom. The molecule has 2 rings (SSSR count). The van der Waals surface area contributed by atoms with Crippen LogP contribution in [-0.2, 0) is 25.5 Å². The lowest BCUT2D eigenvalue weighted by Gasteiger charge is -2.34. The smallest absolute Gasteiger partial charge is 0.408 e. The number of aryl methyl sites for hydroxylation is 2. The molecule has 0 aliphatic heterocycles. The van der Waals surface area contributed by atoms with Crippen molar-refractivity contribution in [1.82, 2.24) is 10.2 Å². The highest BCUT2D eigenvalue weighted by atomic mass is 35.5. The van der Waals surface area contributed by atoms with Gasteiger partial charge in [-0.1, -0.05) is 94.0 Å². The van der Waals surface area contributed by atoms with E-state index < -0.39 is 47.9 Å². The van der Waals surface area contributed by atoms with E-state index in [4.69, 9.17) is 22.1 Å². The fourth-order valence-electron chi connectivity index (χ4n) is 4.87. The van der Waals surface area contributed by atoms with Gasteiger partial charge in [0.15, 0.2) is 0 Å².